The van der Waals surface area contributed by atoms with E-state index in [4.69, 9.17) is 0 Å². The van der Waals surface area contributed by atoms with Gasteiger partial charge in [0.2, 0.25) is 0 Å². The number of halogens is 2. The molecule has 0 saturated carbocycles. The number of rotatable bonds is 3. The molecule has 25 heavy (non-hydrogen) atoms. The van der Waals surface area contributed by atoms with Crippen LogP contribution < -0.4 is 5.46 Å². The highest BCUT2D eigenvalue weighted by atomic mass is 19.1. The van der Waals surface area contributed by atoms with E-state index < -0.39 is 12.9 Å². The van der Waals surface area contributed by atoms with E-state index in [1.54, 1.807) is 38.2 Å². The van der Waals surface area contributed by atoms with Crippen LogP contribution in [0.15, 0.2) is 48.8 Å². The number of hydrogen-bond acceptors (Lipinski definition) is 3. The maximum Gasteiger partial charge on any atom is 0.489 e. The van der Waals surface area contributed by atoms with Gasteiger partial charge in [0.25, 0.3) is 0 Å². The van der Waals surface area contributed by atoms with Crippen LogP contribution in [0.4, 0.5) is 8.78 Å². The summed E-state index contributed by atoms with van der Waals surface area (Å²) in [6.07, 6.45) is 3.16. The van der Waals surface area contributed by atoms with Crippen LogP contribution in [-0.2, 0) is 0 Å². The normalized spacial score (nSPS) is 10.8. The Balaban J connectivity index is 2.17. The predicted octanol–water partition coefficient (Wildman–Crippen LogP) is 2.99. The lowest BCUT2D eigenvalue weighted by molar-refractivity contribution is 0.426. The molecule has 0 fully saturated rings. The predicted molar refractivity (Wildman–Crippen MR) is 94.3 cm³/mol. The Morgan fingerprint density at radius 2 is 1.52 bits per heavy atom. The summed E-state index contributed by atoms with van der Waals surface area (Å²) < 4.78 is 27.5. The van der Waals surface area contributed by atoms with Gasteiger partial charge in [-0.2, -0.15) is 0 Å². The van der Waals surface area contributed by atoms with Crippen LogP contribution in [0.2, 0.25) is 0 Å². The average molecular weight is 339 g/mol. The lowest BCUT2D eigenvalue weighted by Gasteiger charge is -2.14. The second kappa shape index (κ2) is 6.74. The van der Waals surface area contributed by atoms with Crippen molar-refractivity contribution in [1.29, 1.82) is 0 Å². The molecule has 2 N–H and O–H groups in total. The first-order valence-electron chi connectivity index (χ1n) is 7.75. The lowest BCUT2D eigenvalue weighted by Crippen LogP contribution is -2.32. The quantitative estimate of drug-likeness (QED) is 0.722. The summed E-state index contributed by atoms with van der Waals surface area (Å²) in [5, 5.41) is 19.2. The van der Waals surface area contributed by atoms with E-state index in [0.29, 0.717) is 22.3 Å². The molecule has 0 unspecified atom stereocenters. The Kier molecular flexibility index (Phi) is 4.66. The van der Waals surface area contributed by atoms with Gasteiger partial charge in [-0.1, -0.05) is 12.1 Å². The summed E-state index contributed by atoms with van der Waals surface area (Å²) in [6.45, 7) is 3.25. The fourth-order valence-electron chi connectivity index (χ4n) is 2.86. The zero-order valence-electron chi connectivity index (χ0n) is 13.8. The molecule has 0 aliphatic heterocycles. The first kappa shape index (κ1) is 17.3. The van der Waals surface area contributed by atoms with E-state index in [1.165, 1.54) is 24.4 Å². The summed E-state index contributed by atoms with van der Waals surface area (Å²) >= 11 is 0. The number of aryl methyl sites for hydroxylation is 1. The maximum atomic E-state index is 14.0. The van der Waals surface area contributed by atoms with Crippen LogP contribution in [0.5, 0.6) is 0 Å². The molecule has 0 radical (unpaired) electrons. The van der Waals surface area contributed by atoms with Crippen molar-refractivity contribution >= 4 is 12.6 Å². The number of pyridine rings is 1. The highest BCUT2D eigenvalue weighted by Gasteiger charge is 2.21. The molecule has 0 atom stereocenters. The van der Waals surface area contributed by atoms with Crippen LogP contribution in [0.3, 0.4) is 0 Å². The molecule has 0 amide bonds. The van der Waals surface area contributed by atoms with Crippen molar-refractivity contribution in [3.8, 4) is 22.3 Å². The topological polar surface area (TPSA) is 53.4 Å². The van der Waals surface area contributed by atoms with Gasteiger partial charge in [-0.3, -0.25) is 4.98 Å². The molecular formula is C19H16BF2NO2. The maximum absolute atomic E-state index is 14.0. The van der Waals surface area contributed by atoms with E-state index in [9.17, 15) is 18.8 Å². The molecule has 3 rings (SSSR count). The van der Waals surface area contributed by atoms with Crippen molar-refractivity contribution in [1.82, 2.24) is 4.98 Å². The molecule has 0 aliphatic carbocycles. The van der Waals surface area contributed by atoms with Gasteiger partial charge in [-0.25, -0.2) is 8.78 Å². The van der Waals surface area contributed by atoms with Crippen molar-refractivity contribution in [2.45, 2.75) is 13.8 Å². The van der Waals surface area contributed by atoms with Gasteiger partial charge in [0, 0.05) is 23.5 Å². The van der Waals surface area contributed by atoms with E-state index in [1.807, 2.05) is 0 Å². The van der Waals surface area contributed by atoms with Gasteiger partial charge >= 0.3 is 7.12 Å². The van der Waals surface area contributed by atoms with Crippen LogP contribution in [0.25, 0.3) is 22.3 Å². The number of nitrogens with zero attached hydrogens (tertiary/aromatic N) is 1. The zero-order chi connectivity index (χ0) is 18.1. The van der Waals surface area contributed by atoms with Gasteiger partial charge < -0.3 is 10.0 Å². The molecule has 0 saturated heterocycles. The van der Waals surface area contributed by atoms with Crippen LogP contribution in [0, 0.1) is 25.5 Å². The van der Waals surface area contributed by atoms with Crippen molar-refractivity contribution in [2.75, 3.05) is 0 Å². The van der Waals surface area contributed by atoms with Gasteiger partial charge in [-0.15, -0.1) is 0 Å². The standard InChI is InChI=1S/C19H16BF2NO2/c1-11-7-13(3-5-17(11)21)14-8-15(10-23-9-14)19-12(2)18(22)6-4-16(19)20(24)25/h3-10,24-25H,1-2H3. The lowest BCUT2D eigenvalue weighted by atomic mass is 9.74. The number of aromatic nitrogens is 1. The van der Waals surface area contributed by atoms with Gasteiger partial charge in [0.15, 0.2) is 0 Å². The molecule has 0 spiro atoms. The molecular weight excluding hydrogens is 323 g/mol. The van der Waals surface area contributed by atoms with Crippen molar-refractivity contribution < 1.29 is 18.8 Å². The third-order valence-electron chi connectivity index (χ3n) is 4.23. The Bertz CT molecular complexity index is 945. The molecule has 6 heteroatoms. The van der Waals surface area contributed by atoms with E-state index >= 15 is 0 Å². The first-order valence-corrected chi connectivity index (χ1v) is 7.75. The second-order valence-electron chi connectivity index (χ2n) is 5.94. The fourth-order valence-corrected chi connectivity index (χ4v) is 2.86. The zero-order valence-corrected chi connectivity index (χ0v) is 13.8. The third kappa shape index (κ3) is 3.31. The average Bonchev–Trinajstić information content (AvgIpc) is 2.59. The monoisotopic (exact) mass is 339 g/mol. The Labute approximate surface area is 144 Å². The van der Waals surface area contributed by atoms with Gasteiger partial charge in [0.1, 0.15) is 11.6 Å². The van der Waals surface area contributed by atoms with Crippen LogP contribution in [0.1, 0.15) is 11.1 Å². The molecule has 2 aromatic carbocycles. The summed E-state index contributed by atoms with van der Waals surface area (Å²) in [7, 11) is -1.73. The summed E-state index contributed by atoms with van der Waals surface area (Å²) in [5.74, 6) is -0.734. The highest BCUT2D eigenvalue weighted by Crippen LogP contribution is 2.28. The SMILES string of the molecule is Cc1cc(-c2cncc(-c3c(B(O)O)ccc(F)c3C)c2)ccc1F. The summed E-state index contributed by atoms with van der Waals surface area (Å²) in [6, 6.07) is 9.05. The fraction of sp³-hybridized carbons (Fsp3) is 0.105. The van der Waals surface area contributed by atoms with Gasteiger partial charge in [0.05, 0.1) is 0 Å². The number of benzene rings is 2. The molecule has 126 valence electrons. The molecule has 3 aromatic rings. The second-order valence-corrected chi connectivity index (χ2v) is 5.94. The van der Waals surface area contributed by atoms with E-state index in [-0.39, 0.29) is 11.3 Å². The Hall–Kier alpha value is -2.57. The van der Waals surface area contributed by atoms with Crippen LogP contribution in [-0.4, -0.2) is 22.2 Å². The first-order chi connectivity index (χ1) is 11.9. The van der Waals surface area contributed by atoms with E-state index in [0.717, 1.165) is 11.1 Å². The summed E-state index contributed by atoms with van der Waals surface area (Å²) in [5.41, 5.74) is 3.46. The summed E-state index contributed by atoms with van der Waals surface area (Å²) in [4.78, 5) is 4.18. The third-order valence-corrected chi connectivity index (χ3v) is 4.23. The van der Waals surface area contributed by atoms with Crippen molar-refractivity contribution in [2.24, 2.45) is 0 Å². The van der Waals surface area contributed by atoms with Crippen molar-refractivity contribution in [3.63, 3.8) is 0 Å². The highest BCUT2D eigenvalue weighted by molar-refractivity contribution is 6.60. The van der Waals surface area contributed by atoms with E-state index in [2.05, 4.69) is 4.98 Å². The minimum atomic E-state index is -1.73. The molecule has 3 nitrogen and oxygen atoms in total. The van der Waals surface area contributed by atoms with Crippen LogP contribution >= 0.6 is 0 Å². The largest absolute Gasteiger partial charge is 0.489 e. The molecule has 0 bridgehead atoms. The molecule has 0 aliphatic rings. The smallest absolute Gasteiger partial charge is 0.423 e. The molecule has 1 heterocycles. The minimum absolute atomic E-state index is 0.202. The van der Waals surface area contributed by atoms with Gasteiger partial charge in [-0.05, 0) is 65.8 Å². The Morgan fingerprint density at radius 3 is 2.20 bits per heavy atom. The molecule has 1 aromatic heterocycles. The number of hydrogen-bond donors (Lipinski definition) is 2. The van der Waals surface area contributed by atoms with Crippen molar-refractivity contribution in [3.05, 3.63) is 71.6 Å². The minimum Gasteiger partial charge on any atom is -0.423 e. The Morgan fingerprint density at radius 1 is 0.840 bits per heavy atom.